The van der Waals surface area contributed by atoms with E-state index in [1.165, 1.54) is 0 Å². The Labute approximate surface area is 150 Å². The molecule has 1 aliphatic rings. The van der Waals surface area contributed by atoms with Crippen LogP contribution in [-0.4, -0.2) is 48.9 Å². The highest BCUT2D eigenvalue weighted by Crippen LogP contribution is 2.16. The van der Waals surface area contributed by atoms with E-state index in [1.54, 1.807) is 16.3 Å². The number of para-hydroxylation sites is 1. The number of aromatic nitrogens is 4. The van der Waals surface area contributed by atoms with E-state index in [0.29, 0.717) is 35.3 Å². The molecule has 2 unspecified atom stereocenters. The van der Waals surface area contributed by atoms with Crippen molar-refractivity contribution in [3.8, 4) is 0 Å². The normalized spacial score (nSPS) is 22.0. The van der Waals surface area contributed by atoms with Gasteiger partial charge in [-0.1, -0.05) is 12.1 Å². The van der Waals surface area contributed by atoms with Gasteiger partial charge in [0.2, 0.25) is 10.5 Å². The number of hydrogen-bond acceptors (Lipinski definition) is 5. The third-order valence-electron chi connectivity index (χ3n) is 4.85. The van der Waals surface area contributed by atoms with Crippen LogP contribution in [-0.2, 0) is 18.5 Å². The Morgan fingerprint density at radius 2 is 2.08 bits per heavy atom. The molecule has 2 aromatic heterocycles. The Kier molecular flexibility index (Phi) is 3.98. The molecular weight excluding hydrogens is 338 g/mol. The van der Waals surface area contributed by atoms with Crippen LogP contribution in [0.4, 0.5) is 0 Å². The molecule has 3 aromatic rings. The zero-order chi connectivity index (χ0) is 17.7. The molecule has 0 N–H and O–H groups in total. The van der Waals surface area contributed by atoms with Crippen molar-refractivity contribution in [1.29, 1.82) is 0 Å². The average Bonchev–Trinajstić information content (AvgIpc) is 2.93. The highest BCUT2D eigenvalue weighted by molar-refractivity contribution is 7.71. The summed E-state index contributed by atoms with van der Waals surface area (Å²) >= 11 is 5.68. The lowest BCUT2D eigenvalue weighted by Gasteiger charge is -2.36. The maximum absolute atomic E-state index is 12.6. The van der Waals surface area contributed by atoms with Crippen LogP contribution < -0.4 is 5.56 Å². The first-order chi connectivity index (χ1) is 12.0. The first kappa shape index (κ1) is 16.4. The van der Waals surface area contributed by atoms with Crippen LogP contribution in [0.15, 0.2) is 29.1 Å². The molecule has 1 saturated heterocycles. The van der Waals surface area contributed by atoms with Crippen molar-refractivity contribution >= 4 is 28.9 Å². The van der Waals surface area contributed by atoms with Gasteiger partial charge in [-0.3, -0.25) is 18.7 Å². The molecule has 2 atom stereocenters. The van der Waals surface area contributed by atoms with Gasteiger partial charge < -0.3 is 4.74 Å². The highest BCUT2D eigenvalue weighted by atomic mass is 32.1. The van der Waals surface area contributed by atoms with Crippen molar-refractivity contribution in [3.05, 3.63) is 39.4 Å². The van der Waals surface area contributed by atoms with E-state index in [4.69, 9.17) is 17.0 Å². The summed E-state index contributed by atoms with van der Waals surface area (Å²) < 4.78 is 11.5. The van der Waals surface area contributed by atoms with Crippen molar-refractivity contribution in [1.82, 2.24) is 23.6 Å². The zero-order valence-electron chi connectivity index (χ0n) is 14.5. The summed E-state index contributed by atoms with van der Waals surface area (Å²) in [4.78, 5) is 14.9. The summed E-state index contributed by atoms with van der Waals surface area (Å²) in [7, 11) is 1.73. The predicted octanol–water partition coefficient (Wildman–Crippen LogP) is 1.78. The fraction of sp³-hybridized carbons (Fsp3) is 0.471. The van der Waals surface area contributed by atoms with E-state index in [9.17, 15) is 4.79 Å². The van der Waals surface area contributed by atoms with Crippen molar-refractivity contribution < 1.29 is 4.74 Å². The molecule has 132 valence electrons. The van der Waals surface area contributed by atoms with Crippen LogP contribution in [0.5, 0.6) is 0 Å². The van der Waals surface area contributed by atoms with Crippen LogP contribution in [0.25, 0.3) is 16.7 Å². The minimum atomic E-state index is -0.0661. The van der Waals surface area contributed by atoms with Crippen molar-refractivity contribution in [2.75, 3.05) is 13.2 Å². The summed E-state index contributed by atoms with van der Waals surface area (Å²) in [6.45, 7) is 6.31. The third kappa shape index (κ3) is 2.61. The molecule has 0 spiro atoms. The Morgan fingerprint density at radius 3 is 2.88 bits per heavy atom. The molecule has 3 heterocycles. The standard InChI is InChI=1S/C17H21N5O2S/c1-11-9-24-12(2)8-20(11)10-21-17(25)22-14-7-5-4-6-13(14)15(23)19(3)16(22)18-21/h4-7,11-12H,8-10H2,1-3H3. The van der Waals surface area contributed by atoms with Gasteiger partial charge in [-0.15, -0.1) is 5.10 Å². The smallest absolute Gasteiger partial charge is 0.262 e. The number of hydrogen-bond donors (Lipinski definition) is 0. The molecule has 25 heavy (non-hydrogen) atoms. The number of ether oxygens (including phenoxy) is 1. The van der Waals surface area contributed by atoms with Gasteiger partial charge in [-0.25, -0.2) is 4.68 Å². The molecule has 0 radical (unpaired) electrons. The van der Waals surface area contributed by atoms with Crippen LogP contribution in [0, 0.1) is 4.77 Å². The van der Waals surface area contributed by atoms with E-state index in [0.717, 1.165) is 12.1 Å². The summed E-state index contributed by atoms with van der Waals surface area (Å²) in [5.41, 5.74) is 0.726. The number of rotatable bonds is 2. The fourth-order valence-electron chi connectivity index (χ4n) is 3.38. The minimum absolute atomic E-state index is 0.0661. The number of nitrogens with zero attached hydrogens (tertiary/aromatic N) is 5. The number of fused-ring (bicyclic) bond motifs is 3. The lowest BCUT2D eigenvalue weighted by atomic mass is 10.2. The van der Waals surface area contributed by atoms with Gasteiger partial charge in [-0.2, -0.15) is 0 Å². The summed E-state index contributed by atoms with van der Waals surface area (Å²) in [5.74, 6) is 0.558. The number of benzene rings is 1. The average molecular weight is 359 g/mol. The third-order valence-corrected chi connectivity index (χ3v) is 5.25. The first-order valence-electron chi connectivity index (χ1n) is 8.40. The molecule has 0 bridgehead atoms. The highest BCUT2D eigenvalue weighted by Gasteiger charge is 2.24. The Bertz CT molecular complexity index is 1070. The Hall–Kier alpha value is -2.03. The maximum Gasteiger partial charge on any atom is 0.262 e. The molecule has 1 aliphatic heterocycles. The predicted molar refractivity (Wildman–Crippen MR) is 98.3 cm³/mol. The van der Waals surface area contributed by atoms with Crippen LogP contribution >= 0.6 is 12.2 Å². The number of morpholine rings is 1. The van der Waals surface area contributed by atoms with Crippen molar-refractivity contribution in [3.63, 3.8) is 0 Å². The van der Waals surface area contributed by atoms with E-state index < -0.39 is 0 Å². The fourth-order valence-corrected chi connectivity index (χ4v) is 3.66. The second kappa shape index (κ2) is 6.05. The quantitative estimate of drug-likeness (QED) is 0.653. The number of aryl methyl sites for hydroxylation is 1. The summed E-state index contributed by atoms with van der Waals surface area (Å²) in [6.07, 6.45) is 0.188. The van der Waals surface area contributed by atoms with Gasteiger partial charge in [0.25, 0.3) is 5.56 Å². The molecule has 8 heteroatoms. The second-order valence-electron chi connectivity index (χ2n) is 6.70. The molecule has 7 nitrogen and oxygen atoms in total. The van der Waals surface area contributed by atoms with E-state index in [2.05, 4.69) is 23.8 Å². The lowest BCUT2D eigenvalue weighted by molar-refractivity contribution is -0.0624. The van der Waals surface area contributed by atoms with E-state index >= 15 is 0 Å². The minimum Gasteiger partial charge on any atom is -0.376 e. The van der Waals surface area contributed by atoms with Crippen molar-refractivity contribution in [2.24, 2.45) is 7.05 Å². The van der Waals surface area contributed by atoms with Gasteiger partial charge in [0, 0.05) is 19.6 Å². The SMILES string of the molecule is CC1CN(Cn2nc3n(C)c(=O)c4ccccc4n3c2=S)C(C)CO1. The largest absolute Gasteiger partial charge is 0.376 e. The van der Waals surface area contributed by atoms with Gasteiger partial charge in [-0.05, 0) is 38.2 Å². The molecule has 0 saturated carbocycles. The summed E-state index contributed by atoms with van der Waals surface area (Å²) in [6, 6.07) is 7.79. The second-order valence-corrected chi connectivity index (χ2v) is 7.07. The molecule has 4 rings (SSSR count). The molecular formula is C17H21N5O2S. The first-order valence-corrected chi connectivity index (χ1v) is 8.81. The maximum atomic E-state index is 12.6. The Morgan fingerprint density at radius 1 is 1.32 bits per heavy atom. The van der Waals surface area contributed by atoms with Crippen LogP contribution in [0.2, 0.25) is 0 Å². The Balaban J connectivity index is 1.88. The molecule has 0 amide bonds. The van der Waals surface area contributed by atoms with Gasteiger partial charge in [0.15, 0.2) is 0 Å². The lowest BCUT2D eigenvalue weighted by Crippen LogP contribution is -2.47. The molecule has 1 aromatic carbocycles. The van der Waals surface area contributed by atoms with Crippen molar-refractivity contribution in [2.45, 2.75) is 32.7 Å². The van der Waals surface area contributed by atoms with E-state index in [1.807, 2.05) is 28.7 Å². The van der Waals surface area contributed by atoms with Gasteiger partial charge in [0.1, 0.15) is 0 Å². The topological polar surface area (TPSA) is 56.7 Å². The molecule has 0 aliphatic carbocycles. The molecule has 1 fully saturated rings. The monoisotopic (exact) mass is 359 g/mol. The van der Waals surface area contributed by atoms with Crippen LogP contribution in [0.1, 0.15) is 13.8 Å². The zero-order valence-corrected chi connectivity index (χ0v) is 15.4. The van der Waals surface area contributed by atoms with Crippen LogP contribution in [0.3, 0.4) is 0 Å². The van der Waals surface area contributed by atoms with Gasteiger partial charge >= 0.3 is 0 Å². The van der Waals surface area contributed by atoms with E-state index in [-0.39, 0.29) is 11.7 Å². The van der Waals surface area contributed by atoms with Gasteiger partial charge in [0.05, 0.1) is 30.3 Å². The summed E-state index contributed by atoms with van der Waals surface area (Å²) in [5, 5.41) is 5.27.